The Morgan fingerprint density at radius 1 is 1.15 bits per heavy atom. The Labute approximate surface area is 196 Å². The van der Waals surface area contributed by atoms with Gasteiger partial charge in [0.05, 0.1) is 33.0 Å². The van der Waals surface area contributed by atoms with Gasteiger partial charge < -0.3 is 23.9 Å². The van der Waals surface area contributed by atoms with Crippen LogP contribution in [-0.4, -0.2) is 42.3 Å². The molecular formula is C24H26N4O6. The van der Waals surface area contributed by atoms with Crippen LogP contribution in [0.25, 0.3) is 0 Å². The lowest BCUT2D eigenvalue weighted by Crippen LogP contribution is -2.54. The molecule has 10 nitrogen and oxygen atoms in total. The minimum atomic E-state index is -0.453. The Morgan fingerprint density at radius 2 is 1.91 bits per heavy atom. The number of anilines is 1. The monoisotopic (exact) mass is 466 g/mol. The van der Waals surface area contributed by atoms with Crippen LogP contribution >= 0.6 is 0 Å². The van der Waals surface area contributed by atoms with Gasteiger partial charge in [-0.2, -0.15) is 0 Å². The second-order valence-electron chi connectivity index (χ2n) is 7.65. The molecular weight excluding hydrogens is 440 g/mol. The summed E-state index contributed by atoms with van der Waals surface area (Å²) < 4.78 is 21.5. The quantitative estimate of drug-likeness (QED) is 0.513. The Hall–Kier alpha value is -4.05. The molecule has 2 unspecified atom stereocenters. The van der Waals surface area contributed by atoms with Crippen molar-refractivity contribution in [3.05, 3.63) is 71.9 Å². The van der Waals surface area contributed by atoms with Gasteiger partial charge in [0.1, 0.15) is 6.10 Å². The lowest BCUT2D eigenvalue weighted by Gasteiger charge is -2.39. The minimum Gasteiger partial charge on any atom is -0.493 e. The maximum atomic E-state index is 12.6. The van der Waals surface area contributed by atoms with E-state index >= 15 is 0 Å². The topological polar surface area (TPSA) is 115 Å². The molecule has 2 N–H and O–H groups in total. The third-order valence-electron chi connectivity index (χ3n) is 5.52. The van der Waals surface area contributed by atoms with Crippen LogP contribution in [-0.2, 0) is 11.3 Å². The fraction of sp³-hybridized carbons (Fsp3) is 0.292. The number of hydrogen-bond donors (Lipinski definition) is 2. The Balaban J connectivity index is 1.46. The smallest absolute Gasteiger partial charge is 0.424 e. The van der Waals surface area contributed by atoms with E-state index < -0.39 is 12.0 Å². The van der Waals surface area contributed by atoms with Gasteiger partial charge in [0.15, 0.2) is 17.9 Å². The number of nitrogens with zero attached hydrogens (tertiary/aromatic N) is 2. The van der Waals surface area contributed by atoms with Crippen LogP contribution < -0.4 is 20.2 Å². The van der Waals surface area contributed by atoms with Gasteiger partial charge in [0, 0.05) is 5.69 Å². The highest BCUT2D eigenvalue weighted by Gasteiger charge is 2.35. The van der Waals surface area contributed by atoms with Crippen molar-refractivity contribution in [2.45, 2.75) is 32.0 Å². The number of ether oxygens (including phenoxy) is 3. The molecule has 0 spiro atoms. The highest BCUT2D eigenvalue weighted by molar-refractivity contribution is 6.01. The number of aromatic nitrogens is 1. The molecule has 0 aliphatic carbocycles. The van der Waals surface area contributed by atoms with Crippen LogP contribution in [0.4, 0.5) is 10.5 Å². The van der Waals surface area contributed by atoms with Crippen molar-refractivity contribution >= 4 is 17.7 Å². The molecule has 3 aromatic rings. The van der Waals surface area contributed by atoms with Crippen LogP contribution in [0.5, 0.6) is 11.5 Å². The number of benzene rings is 2. The van der Waals surface area contributed by atoms with E-state index in [1.54, 1.807) is 26.4 Å². The number of carbonyl (C=O) groups is 2. The van der Waals surface area contributed by atoms with Crippen molar-refractivity contribution in [2.24, 2.45) is 0 Å². The number of hydrogen-bond acceptors (Lipinski definition) is 8. The predicted molar refractivity (Wildman–Crippen MR) is 122 cm³/mol. The molecule has 2 heterocycles. The number of methoxy groups -OCH3 is 2. The van der Waals surface area contributed by atoms with E-state index in [-0.39, 0.29) is 24.5 Å². The largest absolute Gasteiger partial charge is 0.493 e. The third-order valence-corrected chi connectivity index (χ3v) is 5.52. The summed E-state index contributed by atoms with van der Waals surface area (Å²) in [5.74, 6) is 0.952. The highest BCUT2D eigenvalue weighted by Crippen LogP contribution is 2.34. The minimum absolute atomic E-state index is 0.121. The molecule has 1 aliphatic rings. The summed E-state index contributed by atoms with van der Waals surface area (Å²) in [6.45, 7) is 2.24. The molecule has 2 amide bonds. The van der Waals surface area contributed by atoms with Crippen molar-refractivity contribution in [2.75, 3.05) is 19.5 Å². The van der Waals surface area contributed by atoms with E-state index in [0.29, 0.717) is 23.6 Å². The van der Waals surface area contributed by atoms with Gasteiger partial charge in [-0.05, 0) is 41.8 Å². The van der Waals surface area contributed by atoms with Gasteiger partial charge >= 0.3 is 6.09 Å². The van der Waals surface area contributed by atoms with E-state index in [0.717, 1.165) is 11.1 Å². The zero-order valence-corrected chi connectivity index (χ0v) is 19.1. The van der Waals surface area contributed by atoms with Gasteiger partial charge in [0.2, 0.25) is 5.76 Å². The molecule has 0 bridgehead atoms. The first-order chi connectivity index (χ1) is 16.5. The molecule has 10 heteroatoms. The van der Waals surface area contributed by atoms with Crippen molar-refractivity contribution in [1.29, 1.82) is 0 Å². The summed E-state index contributed by atoms with van der Waals surface area (Å²) in [7, 11) is 3.16. The zero-order chi connectivity index (χ0) is 24.1. The fourth-order valence-corrected chi connectivity index (χ4v) is 3.73. The molecule has 1 fully saturated rings. The van der Waals surface area contributed by atoms with Crippen LogP contribution in [0.2, 0.25) is 0 Å². The van der Waals surface area contributed by atoms with Gasteiger partial charge in [-0.15, -0.1) is 0 Å². The third kappa shape index (κ3) is 4.96. The second kappa shape index (κ2) is 10.3. The highest BCUT2D eigenvalue weighted by atomic mass is 16.6. The Bertz CT molecular complexity index is 1130. The Morgan fingerprint density at radius 3 is 2.56 bits per heavy atom. The molecule has 4 rings (SSSR count). The summed E-state index contributed by atoms with van der Waals surface area (Å²) in [4.78, 5) is 28.5. The van der Waals surface area contributed by atoms with E-state index in [1.807, 2.05) is 37.3 Å². The normalized spacial score (nSPS) is 17.7. The maximum Gasteiger partial charge on any atom is 0.424 e. The van der Waals surface area contributed by atoms with Crippen LogP contribution in [0.15, 0.2) is 59.5 Å². The molecule has 178 valence electrons. The van der Waals surface area contributed by atoms with Crippen molar-refractivity contribution < 1.29 is 28.2 Å². The molecule has 1 saturated heterocycles. The van der Waals surface area contributed by atoms with E-state index in [2.05, 4.69) is 15.7 Å². The number of rotatable bonds is 8. The standard InChI is InChI=1S/C24H26N4O6/c1-4-18-22(16-7-10-19(31-2)20(11-16)32-3)27-28(24(30)34-18)13-15-5-8-17(9-6-15)26-23(29)21-12-25-14-33-21/h5-12,14,18,22,27H,4,13H2,1-3H3,(H,26,29). The van der Waals surface area contributed by atoms with Crippen LogP contribution in [0.3, 0.4) is 0 Å². The van der Waals surface area contributed by atoms with E-state index in [1.165, 1.54) is 17.6 Å². The van der Waals surface area contributed by atoms with E-state index in [9.17, 15) is 9.59 Å². The molecule has 2 atom stereocenters. The number of oxazole rings is 1. The summed E-state index contributed by atoms with van der Waals surface area (Å²) in [6, 6.07) is 12.5. The molecule has 0 saturated carbocycles. The van der Waals surface area contributed by atoms with Crippen molar-refractivity contribution in [1.82, 2.24) is 15.4 Å². The summed E-state index contributed by atoms with van der Waals surface area (Å²) in [6.07, 6.45) is 2.39. The molecule has 1 aromatic heterocycles. The Kier molecular flexibility index (Phi) is 6.98. The number of hydrazine groups is 1. The number of amides is 2. The molecule has 1 aliphatic heterocycles. The van der Waals surface area contributed by atoms with Gasteiger partial charge in [-0.3, -0.25) is 4.79 Å². The second-order valence-corrected chi connectivity index (χ2v) is 7.65. The lowest BCUT2D eigenvalue weighted by molar-refractivity contribution is -0.0311. The first kappa shape index (κ1) is 23.1. The van der Waals surface area contributed by atoms with Gasteiger partial charge in [0.25, 0.3) is 5.91 Å². The maximum absolute atomic E-state index is 12.6. The van der Waals surface area contributed by atoms with Gasteiger partial charge in [-0.1, -0.05) is 25.1 Å². The summed E-state index contributed by atoms with van der Waals surface area (Å²) in [5.41, 5.74) is 5.65. The summed E-state index contributed by atoms with van der Waals surface area (Å²) in [5, 5.41) is 4.17. The number of cyclic esters (lactones) is 1. The van der Waals surface area contributed by atoms with Crippen LogP contribution in [0.1, 0.15) is 41.1 Å². The average molecular weight is 466 g/mol. The molecule has 0 radical (unpaired) electrons. The van der Waals surface area contributed by atoms with Crippen molar-refractivity contribution in [3.8, 4) is 11.5 Å². The lowest BCUT2D eigenvalue weighted by atomic mass is 9.99. The van der Waals surface area contributed by atoms with E-state index in [4.69, 9.17) is 18.6 Å². The number of carbonyl (C=O) groups excluding carboxylic acids is 2. The SMILES string of the molecule is CCC1OC(=O)N(Cc2ccc(NC(=O)c3cnco3)cc2)NC1c1ccc(OC)c(OC)c1. The van der Waals surface area contributed by atoms with Crippen LogP contribution in [0, 0.1) is 0 Å². The molecule has 2 aromatic carbocycles. The fourth-order valence-electron chi connectivity index (χ4n) is 3.73. The van der Waals surface area contributed by atoms with Gasteiger partial charge in [-0.25, -0.2) is 20.2 Å². The zero-order valence-electron chi connectivity index (χ0n) is 19.1. The first-order valence-electron chi connectivity index (χ1n) is 10.8. The number of nitrogens with one attached hydrogen (secondary N) is 2. The first-order valence-corrected chi connectivity index (χ1v) is 10.8. The predicted octanol–water partition coefficient (Wildman–Crippen LogP) is 3.92. The average Bonchev–Trinajstić information content (AvgIpc) is 3.41. The molecule has 34 heavy (non-hydrogen) atoms. The summed E-state index contributed by atoms with van der Waals surface area (Å²) >= 11 is 0. The van der Waals surface area contributed by atoms with Crippen molar-refractivity contribution in [3.63, 3.8) is 0 Å².